The summed E-state index contributed by atoms with van der Waals surface area (Å²) in [7, 11) is 1.83. The zero-order valence-corrected chi connectivity index (χ0v) is 17.9. The van der Waals surface area contributed by atoms with Gasteiger partial charge < -0.3 is 39.1 Å². The molecule has 7 nitrogen and oxygen atoms in total. The summed E-state index contributed by atoms with van der Waals surface area (Å²) in [4.78, 5) is 27.2. The van der Waals surface area contributed by atoms with Gasteiger partial charge in [-0.15, -0.1) is 0 Å². The largest absolute Gasteiger partial charge is 1.00 e. The van der Waals surface area contributed by atoms with E-state index < -0.39 is 18.0 Å². The number of thiazole rings is 1. The third-order valence-corrected chi connectivity index (χ3v) is 6.82. The number of fused-ring (bicyclic) bond motifs is 2. The lowest BCUT2D eigenvalue weighted by atomic mass is 9.77. The van der Waals surface area contributed by atoms with Gasteiger partial charge in [-0.05, 0) is 18.5 Å². The molecular weight excluding hydrogens is 493 g/mol. The van der Waals surface area contributed by atoms with E-state index in [9.17, 15) is 19.8 Å². The van der Waals surface area contributed by atoms with Crippen LogP contribution >= 0.6 is 22.9 Å². The second-order valence-electron chi connectivity index (χ2n) is 6.65. The zero-order valence-electron chi connectivity index (χ0n) is 14.2. The third-order valence-electron chi connectivity index (χ3n) is 5.12. The Morgan fingerprint density at radius 3 is 2.65 bits per heavy atom. The highest BCUT2D eigenvalue weighted by atomic mass is 127. The van der Waals surface area contributed by atoms with Gasteiger partial charge in [0.1, 0.15) is 11.9 Å². The van der Waals surface area contributed by atoms with Crippen molar-refractivity contribution in [3.8, 4) is 0 Å². The second-order valence-corrected chi connectivity index (χ2v) is 8.04. The van der Waals surface area contributed by atoms with Gasteiger partial charge in [-0.2, -0.15) is 4.40 Å². The van der Waals surface area contributed by atoms with Crippen LogP contribution in [0.15, 0.2) is 18.2 Å². The van der Waals surface area contributed by atoms with Crippen LogP contribution in [0.3, 0.4) is 0 Å². The Hall–Kier alpha value is -1.17. The Morgan fingerprint density at radius 2 is 2.12 bits per heavy atom. The van der Waals surface area contributed by atoms with Crippen molar-refractivity contribution in [3.63, 3.8) is 0 Å². The first kappa shape index (κ1) is 19.6. The van der Waals surface area contributed by atoms with Gasteiger partial charge in [0.05, 0.1) is 30.0 Å². The smallest absolute Gasteiger partial charge is 0.352 e. The minimum Gasteiger partial charge on any atom is -1.00 e. The van der Waals surface area contributed by atoms with Crippen molar-refractivity contribution in [3.05, 3.63) is 28.3 Å². The number of aromatic nitrogens is 2. The summed E-state index contributed by atoms with van der Waals surface area (Å²) in [5.74, 6) is -2.20. The number of halogens is 2. The summed E-state index contributed by atoms with van der Waals surface area (Å²) in [5.41, 5.74) is 0.644. The van der Waals surface area contributed by atoms with Crippen LogP contribution in [0.4, 0.5) is 0 Å². The maximum absolute atomic E-state index is 12.4. The van der Waals surface area contributed by atoms with Gasteiger partial charge in [-0.25, -0.2) is 9.36 Å². The van der Waals surface area contributed by atoms with E-state index >= 15 is 0 Å². The highest BCUT2D eigenvalue weighted by Gasteiger charge is 2.60. The quantitative estimate of drug-likeness (QED) is 0.289. The number of β-lactam (4-membered cyclic amide) rings is 1. The number of aliphatic hydroxyl groups excluding tert-OH is 1. The molecular formula is C16H17ClIN3O4S. The van der Waals surface area contributed by atoms with Crippen LogP contribution in [0.25, 0.3) is 10.4 Å². The third kappa shape index (κ3) is 2.44. The fourth-order valence-corrected chi connectivity index (χ4v) is 5.47. The van der Waals surface area contributed by atoms with E-state index in [4.69, 9.17) is 11.6 Å². The number of aliphatic carboxylic acids is 1. The van der Waals surface area contributed by atoms with E-state index in [2.05, 4.69) is 0 Å². The van der Waals surface area contributed by atoms with Gasteiger partial charge in [0, 0.05) is 11.5 Å². The van der Waals surface area contributed by atoms with Gasteiger partial charge in [0.2, 0.25) is 10.7 Å². The van der Waals surface area contributed by atoms with E-state index in [0.717, 1.165) is 9.71 Å². The van der Waals surface area contributed by atoms with E-state index in [-0.39, 0.29) is 47.5 Å². The van der Waals surface area contributed by atoms with Crippen molar-refractivity contribution < 1.29 is 48.2 Å². The molecule has 26 heavy (non-hydrogen) atoms. The molecule has 4 atom stereocenters. The predicted molar refractivity (Wildman–Crippen MR) is 91.0 cm³/mol. The number of hydrogen-bond donors (Lipinski definition) is 2. The average molecular weight is 510 g/mol. The number of aliphatic hydroxyl groups is 1. The van der Waals surface area contributed by atoms with Crippen LogP contribution in [0, 0.1) is 11.8 Å². The maximum Gasteiger partial charge on any atom is 0.352 e. The Labute approximate surface area is 175 Å². The molecule has 1 saturated heterocycles. The summed E-state index contributed by atoms with van der Waals surface area (Å²) in [6.07, 6.45) is 2.85. The first-order valence-electron chi connectivity index (χ1n) is 7.88. The van der Waals surface area contributed by atoms with Crippen molar-refractivity contribution in [1.29, 1.82) is 0 Å². The van der Waals surface area contributed by atoms with Gasteiger partial charge in [-0.1, -0.05) is 18.3 Å². The lowest BCUT2D eigenvalue weighted by molar-refractivity contribution is -0.508. The first-order valence-corrected chi connectivity index (χ1v) is 9.08. The minimum atomic E-state index is -1.13. The number of amides is 1. The van der Waals surface area contributed by atoms with Crippen LogP contribution in [0.2, 0.25) is 5.15 Å². The van der Waals surface area contributed by atoms with Gasteiger partial charge in [-0.3, -0.25) is 4.79 Å². The molecule has 0 bridgehead atoms. The number of carbonyl (C=O) groups excluding carboxylic acids is 1. The van der Waals surface area contributed by atoms with E-state index in [1.807, 2.05) is 30.9 Å². The molecule has 2 aromatic heterocycles. The molecule has 1 fully saturated rings. The van der Waals surface area contributed by atoms with Crippen LogP contribution in [-0.4, -0.2) is 43.7 Å². The summed E-state index contributed by atoms with van der Waals surface area (Å²) < 4.78 is 3.63. The molecule has 0 unspecified atom stereocenters. The lowest BCUT2D eigenvalue weighted by Crippen LogP contribution is -3.00. The second kappa shape index (κ2) is 6.47. The molecule has 4 heterocycles. The Balaban J connectivity index is 0.00000196. The standard InChI is InChI=1S/C16H16ClN3O4S.HI/c1-6-9(8-4-19-5-18(3)13(17)15(19)25-8)12(16(23)24)20-11(6)10(7(2)21)14(20)22;/h4-7,10-11,21H,1-3H3;1H/t6-,7+,10+,11+;/m0./s1. The molecule has 0 spiro atoms. The summed E-state index contributed by atoms with van der Waals surface area (Å²) in [6.45, 7) is 3.47. The monoisotopic (exact) mass is 509 g/mol. The number of hydrogen-bond acceptors (Lipinski definition) is 4. The fourth-order valence-electron chi connectivity index (χ4n) is 4.01. The summed E-state index contributed by atoms with van der Waals surface area (Å²) >= 11 is 7.68. The van der Waals surface area contributed by atoms with Crippen LogP contribution < -0.4 is 28.4 Å². The SMILES string of the molecule is C[C@@H](O)[C@H]1C(=O)N2C(C(=O)O)=C(c3c[n+]4cn(C)c(Cl)c4s3)[C@H](C)[C@H]12.[I-]. The number of aryl methyl sites for hydroxylation is 1. The van der Waals surface area contributed by atoms with E-state index in [1.54, 1.807) is 11.5 Å². The molecule has 10 heteroatoms. The number of carboxylic acid groups (broad SMARTS) is 1. The molecule has 2 aliphatic rings. The molecule has 1 amide bonds. The molecule has 0 aliphatic carbocycles. The minimum absolute atomic E-state index is 0. The number of carbonyl (C=O) groups is 2. The topological polar surface area (TPSA) is 86.9 Å². The molecule has 0 radical (unpaired) electrons. The average Bonchev–Trinajstić information content (AvgIpc) is 3.10. The number of nitrogens with zero attached hydrogens (tertiary/aromatic N) is 3. The Kier molecular flexibility index (Phi) is 4.87. The molecule has 0 saturated carbocycles. The van der Waals surface area contributed by atoms with Crippen LogP contribution in [0.1, 0.15) is 18.7 Å². The molecule has 2 aromatic rings. The highest BCUT2D eigenvalue weighted by Crippen LogP contribution is 2.51. The molecule has 2 aliphatic heterocycles. The first-order chi connectivity index (χ1) is 11.7. The van der Waals surface area contributed by atoms with Gasteiger partial charge in [0.25, 0.3) is 11.5 Å². The van der Waals surface area contributed by atoms with Gasteiger partial charge >= 0.3 is 5.97 Å². The van der Waals surface area contributed by atoms with Crippen molar-refractivity contribution in [2.45, 2.75) is 26.0 Å². The predicted octanol–water partition coefficient (Wildman–Crippen LogP) is -1.86. The normalized spacial score (nSPS) is 26.0. The summed E-state index contributed by atoms with van der Waals surface area (Å²) in [5, 5.41) is 20.2. The highest BCUT2D eigenvalue weighted by molar-refractivity contribution is 7.18. The number of rotatable bonds is 3. The van der Waals surface area contributed by atoms with E-state index in [0.29, 0.717) is 10.7 Å². The number of imidazole rings is 1. The Bertz CT molecular complexity index is 966. The maximum atomic E-state index is 12.4. The lowest BCUT2D eigenvalue weighted by Gasteiger charge is -2.46. The molecule has 0 aromatic carbocycles. The van der Waals surface area contributed by atoms with E-state index in [1.165, 1.54) is 16.2 Å². The van der Waals surface area contributed by atoms with Gasteiger partial charge in [0.15, 0.2) is 0 Å². The van der Waals surface area contributed by atoms with Crippen molar-refractivity contribution in [2.75, 3.05) is 0 Å². The summed E-state index contributed by atoms with van der Waals surface area (Å²) in [6, 6.07) is -0.318. The van der Waals surface area contributed by atoms with Crippen LogP contribution in [-0.2, 0) is 16.6 Å². The van der Waals surface area contributed by atoms with Crippen molar-refractivity contribution >= 4 is 45.2 Å². The number of carboxylic acids is 1. The zero-order chi connectivity index (χ0) is 18.2. The molecule has 2 N–H and O–H groups in total. The van der Waals surface area contributed by atoms with Crippen molar-refractivity contribution in [2.24, 2.45) is 18.9 Å². The molecule has 140 valence electrons. The Morgan fingerprint density at radius 1 is 1.46 bits per heavy atom. The van der Waals surface area contributed by atoms with Crippen molar-refractivity contribution in [1.82, 2.24) is 9.47 Å². The fraction of sp³-hybridized carbons (Fsp3) is 0.438. The van der Waals surface area contributed by atoms with Crippen LogP contribution in [0.5, 0.6) is 0 Å². The molecule has 4 rings (SSSR count).